The standard InChI is InChI=1S/C17H18N4O4/c1-21-10-18-20-15(21)9-13(17(23)24)19-16(22)7-6-12-8-11-4-2-3-5-14(11)25-12/h2-5,8,10,13H,6-7,9H2,1H3,(H,19,22)(H,23,24). The molecular weight excluding hydrogens is 324 g/mol. The molecule has 8 heteroatoms. The Balaban J connectivity index is 1.58. The first kappa shape index (κ1) is 16.7. The van der Waals surface area contributed by atoms with Gasteiger partial charge < -0.3 is 19.4 Å². The van der Waals surface area contributed by atoms with E-state index >= 15 is 0 Å². The Bertz CT molecular complexity index is 866. The normalized spacial score (nSPS) is 12.2. The summed E-state index contributed by atoms with van der Waals surface area (Å²) < 4.78 is 7.28. The highest BCUT2D eigenvalue weighted by molar-refractivity contribution is 5.84. The lowest BCUT2D eigenvalue weighted by Crippen LogP contribution is -2.42. The molecule has 1 amide bonds. The molecule has 1 atom stereocenters. The largest absolute Gasteiger partial charge is 0.480 e. The third-order valence-electron chi connectivity index (χ3n) is 3.90. The maximum Gasteiger partial charge on any atom is 0.326 e. The van der Waals surface area contributed by atoms with Crippen molar-refractivity contribution in [2.24, 2.45) is 7.05 Å². The number of hydrogen-bond donors (Lipinski definition) is 2. The number of rotatable bonds is 7. The van der Waals surface area contributed by atoms with Gasteiger partial charge in [-0.3, -0.25) is 4.79 Å². The van der Waals surface area contributed by atoms with Crippen LogP contribution in [0.4, 0.5) is 0 Å². The zero-order valence-corrected chi connectivity index (χ0v) is 13.7. The van der Waals surface area contributed by atoms with Crippen LogP contribution in [0.3, 0.4) is 0 Å². The molecule has 3 aromatic rings. The number of nitrogens with one attached hydrogen (secondary N) is 1. The first-order valence-corrected chi connectivity index (χ1v) is 7.85. The zero-order valence-electron chi connectivity index (χ0n) is 13.7. The molecule has 25 heavy (non-hydrogen) atoms. The monoisotopic (exact) mass is 342 g/mol. The van der Waals surface area contributed by atoms with E-state index in [0.717, 1.165) is 11.0 Å². The van der Waals surface area contributed by atoms with Crippen molar-refractivity contribution in [3.63, 3.8) is 0 Å². The summed E-state index contributed by atoms with van der Waals surface area (Å²) in [5.74, 6) is -0.281. The minimum Gasteiger partial charge on any atom is -0.480 e. The SMILES string of the molecule is Cn1cnnc1CC(NC(=O)CCc1cc2ccccc2o1)C(=O)O. The molecule has 0 radical (unpaired) electrons. The second-order valence-electron chi connectivity index (χ2n) is 5.77. The summed E-state index contributed by atoms with van der Waals surface area (Å²) in [6.07, 6.45) is 2.10. The Morgan fingerprint density at radius 1 is 1.36 bits per heavy atom. The molecule has 0 aliphatic heterocycles. The molecule has 1 aromatic carbocycles. The van der Waals surface area contributed by atoms with Crippen molar-refractivity contribution >= 4 is 22.8 Å². The van der Waals surface area contributed by atoms with Gasteiger partial charge in [0.2, 0.25) is 5.91 Å². The van der Waals surface area contributed by atoms with Gasteiger partial charge in [0, 0.05) is 31.7 Å². The van der Waals surface area contributed by atoms with E-state index in [9.17, 15) is 14.7 Å². The second-order valence-corrected chi connectivity index (χ2v) is 5.77. The molecule has 3 rings (SSSR count). The fraction of sp³-hybridized carbons (Fsp3) is 0.294. The lowest BCUT2D eigenvalue weighted by Gasteiger charge is -2.13. The van der Waals surface area contributed by atoms with Crippen molar-refractivity contribution in [3.05, 3.63) is 48.2 Å². The first-order chi connectivity index (χ1) is 12.0. The quantitative estimate of drug-likeness (QED) is 0.670. The van der Waals surface area contributed by atoms with Crippen molar-refractivity contribution in [3.8, 4) is 0 Å². The first-order valence-electron chi connectivity index (χ1n) is 7.85. The van der Waals surface area contributed by atoms with Gasteiger partial charge in [0.1, 0.15) is 29.5 Å². The van der Waals surface area contributed by atoms with E-state index in [4.69, 9.17) is 4.42 Å². The topological polar surface area (TPSA) is 110 Å². The summed E-state index contributed by atoms with van der Waals surface area (Å²) in [6.45, 7) is 0. The average Bonchev–Trinajstić information content (AvgIpc) is 3.18. The van der Waals surface area contributed by atoms with Crippen LogP contribution in [0.1, 0.15) is 18.0 Å². The lowest BCUT2D eigenvalue weighted by molar-refractivity contribution is -0.141. The number of furan rings is 1. The summed E-state index contributed by atoms with van der Waals surface area (Å²) in [6, 6.07) is 8.43. The number of aliphatic carboxylic acids is 1. The van der Waals surface area contributed by atoms with Crippen LogP contribution in [0.25, 0.3) is 11.0 Å². The molecule has 0 saturated carbocycles. The van der Waals surface area contributed by atoms with E-state index in [0.29, 0.717) is 18.0 Å². The third-order valence-corrected chi connectivity index (χ3v) is 3.90. The van der Waals surface area contributed by atoms with E-state index in [2.05, 4.69) is 15.5 Å². The van der Waals surface area contributed by atoms with E-state index in [1.165, 1.54) is 6.33 Å². The molecule has 0 aliphatic carbocycles. The van der Waals surface area contributed by atoms with Crippen LogP contribution in [0.5, 0.6) is 0 Å². The van der Waals surface area contributed by atoms with Crippen molar-refractivity contribution in [2.45, 2.75) is 25.3 Å². The number of aromatic nitrogens is 3. The minimum atomic E-state index is -1.11. The van der Waals surface area contributed by atoms with Gasteiger partial charge in [0.15, 0.2) is 0 Å². The van der Waals surface area contributed by atoms with Gasteiger partial charge in [-0.15, -0.1) is 10.2 Å². The molecular formula is C17H18N4O4. The van der Waals surface area contributed by atoms with Crippen molar-refractivity contribution in [1.29, 1.82) is 0 Å². The molecule has 8 nitrogen and oxygen atoms in total. The van der Waals surface area contributed by atoms with Crippen LogP contribution in [0, 0.1) is 0 Å². The van der Waals surface area contributed by atoms with Crippen LogP contribution < -0.4 is 5.32 Å². The van der Waals surface area contributed by atoms with Crippen LogP contribution >= 0.6 is 0 Å². The molecule has 0 spiro atoms. The molecule has 130 valence electrons. The molecule has 2 N–H and O–H groups in total. The summed E-state index contributed by atoms with van der Waals surface area (Å²) >= 11 is 0. The number of nitrogens with zero attached hydrogens (tertiary/aromatic N) is 3. The number of aryl methyl sites for hydroxylation is 2. The van der Waals surface area contributed by atoms with Gasteiger partial charge in [-0.1, -0.05) is 18.2 Å². The zero-order chi connectivity index (χ0) is 17.8. The molecule has 0 fully saturated rings. The van der Waals surface area contributed by atoms with Crippen LogP contribution in [-0.2, 0) is 29.5 Å². The number of benzene rings is 1. The number of carbonyl (C=O) groups is 2. The summed E-state index contributed by atoms with van der Waals surface area (Å²) in [4.78, 5) is 23.5. The van der Waals surface area contributed by atoms with Crippen LogP contribution in [-0.4, -0.2) is 37.8 Å². The molecule has 0 aliphatic rings. The number of hydrogen-bond acceptors (Lipinski definition) is 5. The molecule has 2 aromatic heterocycles. The highest BCUT2D eigenvalue weighted by Gasteiger charge is 2.22. The second kappa shape index (κ2) is 7.16. The Kier molecular flexibility index (Phi) is 4.78. The van der Waals surface area contributed by atoms with Gasteiger partial charge in [-0.2, -0.15) is 0 Å². The fourth-order valence-electron chi connectivity index (χ4n) is 2.54. The minimum absolute atomic E-state index is 0.0716. The van der Waals surface area contributed by atoms with Crippen molar-refractivity contribution < 1.29 is 19.1 Å². The Labute approximate surface area is 143 Å². The predicted octanol–water partition coefficient (Wildman–Crippen LogP) is 1.31. The van der Waals surface area contributed by atoms with E-state index < -0.39 is 12.0 Å². The van der Waals surface area contributed by atoms with Gasteiger partial charge in [0.05, 0.1) is 0 Å². The number of fused-ring (bicyclic) bond motifs is 1. The van der Waals surface area contributed by atoms with Crippen LogP contribution in [0.15, 0.2) is 41.1 Å². The highest BCUT2D eigenvalue weighted by Crippen LogP contribution is 2.19. The van der Waals surface area contributed by atoms with Gasteiger partial charge in [-0.05, 0) is 12.1 Å². The van der Waals surface area contributed by atoms with E-state index in [1.807, 2.05) is 30.3 Å². The maximum absolute atomic E-state index is 12.1. The summed E-state index contributed by atoms with van der Waals surface area (Å²) in [7, 11) is 1.72. The Morgan fingerprint density at radius 3 is 2.84 bits per heavy atom. The molecule has 0 saturated heterocycles. The molecule has 0 bridgehead atoms. The lowest BCUT2D eigenvalue weighted by atomic mass is 10.1. The number of para-hydroxylation sites is 1. The van der Waals surface area contributed by atoms with Gasteiger partial charge in [-0.25, -0.2) is 4.79 Å². The van der Waals surface area contributed by atoms with Crippen LogP contribution in [0.2, 0.25) is 0 Å². The Hall–Kier alpha value is -3.16. The van der Waals surface area contributed by atoms with Crippen molar-refractivity contribution in [1.82, 2.24) is 20.1 Å². The number of carboxylic acids is 1. The number of carbonyl (C=O) groups excluding carboxylic acids is 1. The number of carboxylic acid groups (broad SMARTS) is 1. The summed E-state index contributed by atoms with van der Waals surface area (Å²) in [5, 5.41) is 20.4. The van der Waals surface area contributed by atoms with Gasteiger partial charge in [0.25, 0.3) is 0 Å². The van der Waals surface area contributed by atoms with Crippen molar-refractivity contribution in [2.75, 3.05) is 0 Å². The summed E-state index contributed by atoms with van der Waals surface area (Å²) in [5.41, 5.74) is 0.767. The van der Waals surface area contributed by atoms with E-state index in [1.54, 1.807) is 11.6 Å². The maximum atomic E-state index is 12.1. The predicted molar refractivity (Wildman–Crippen MR) is 88.8 cm³/mol. The average molecular weight is 342 g/mol. The van der Waals surface area contributed by atoms with Gasteiger partial charge >= 0.3 is 5.97 Å². The smallest absolute Gasteiger partial charge is 0.326 e. The van der Waals surface area contributed by atoms with E-state index in [-0.39, 0.29) is 18.7 Å². The Morgan fingerprint density at radius 2 is 2.16 bits per heavy atom. The fourth-order valence-corrected chi connectivity index (χ4v) is 2.54. The molecule has 2 heterocycles. The third kappa shape index (κ3) is 4.03. The number of amides is 1. The molecule has 1 unspecified atom stereocenters. The highest BCUT2D eigenvalue weighted by atomic mass is 16.4.